The third kappa shape index (κ3) is 2.96. The van der Waals surface area contributed by atoms with Crippen LogP contribution in [-0.2, 0) is 14.1 Å². The number of aromatic nitrogens is 1. The molecule has 0 spiro atoms. The number of fused-ring (bicyclic) bond motifs is 1. The van der Waals surface area contributed by atoms with Crippen molar-refractivity contribution in [1.82, 2.24) is 4.98 Å². The quantitative estimate of drug-likeness (QED) is 0.866. The van der Waals surface area contributed by atoms with E-state index in [-0.39, 0.29) is 24.2 Å². The van der Waals surface area contributed by atoms with Crippen LogP contribution >= 0.6 is 0 Å². The van der Waals surface area contributed by atoms with Crippen LogP contribution in [0.25, 0.3) is 10.9 Å². The Morgan fingerprint density at radius 2 is 1.74 bits per heavy atom. The number of hydrogen-bond acceptors (Lipinski definition) is 4. The van der Waals surface area contributed by atoms with Crippen molar-refractivity contribution < 1.29 is 14.1 Å². The molecule has 1 fully saturated rings. The first kappa shape index (κ1) is 16.0. The average Bonchev–Trinajstić information content (AvgIpc) is 2.66. The van der Waals surface area contributed by atoms with Crippen molar-refractivity contribution >= 4 is 35.2 Å². The van der Waals surface area contributed by atoms with Crippen LogP contribution < -0.4 is 10.8 Å². The lowest BCUT2D eigenvalue weighted by Gasteiger charge is -2.32. The molecule has 0 unspecified atom stereocenters. The molecule has 5 nitrogen and oxygen atoms in total. The second-order valence-electron chi connectivity index (χ2n) is 6.92. The third-order valence-corrected chi connectivity index (χ3v) is 4.54. The second-order valence-corrected chi connectivity index (χ2v) is 6.92. The van der Waals surface area contributed by atoms with E-state index in [2.05, 4.69) is 10.3 Å². The zero-order valence-corrected chi connectivity index (χ0v) is 14.1. The van der Waals surface area contributed by atoms with Crippen LogP contribution in [-0.4, -0.2) is 29.2 Å². The Labute approximate surface area is 136 Å². The number of rotatable bonds is 2. The molecule has 120 valence electrons. The number of hydrogen-bond donors (Lipinski definition) is 1. The monoisotopic (exact) mass is 312 g/mol. The standard InChI is InChI=1S/C17H21BN2O3/c1-11(21)19-15-9-6-12-10-13(7-8-14(12)20-15)18-22-16(2,3)17(4,5)23-18/h6-10H,1-5H3,(H,19,20,21). The Morgan fingerprint density at radius 1 is 1.09 bits per heavy atom. The molecule has 0 atom stereocenters. The van der Waals surface area contributed by atoms with Gasteiger partial charge >= 0.3 is 7.12 Å². The number of amides is 1. The van der Waals surface area contributed by atoms with Gasteiger partial charge < -0.3 is 14.6 Å². The molecule has 2 aromatic rings. The number of anilines is 1. The van der Waals surface area contributed by atoms with Crippen molar-refractivity contribution in [3.63, 3.8) is 0 Å². The molecule has 0 saturated carbocycles. The van der Waals surface area contributed by atoms with E-state index in [1.54, 1.807) is 6.07 Å². The lowest BCUT2D eigenvalue weighted by atomic mass is 9.78. The normalized spacial score (nSPS) is 19.1. The lowest BCUT2D eigenvalue weighted by molar-refractivity contribution is -0.114. The summed E-state index contributed by atoms with van der Waals surface area (Å²) < 4.78 is 12.2. The molecular formula is C17H21BN2O3. The van der Waals surface area contributed by atoms with E-state index >= 15 is 0 Å². The highest BCUT2D eigenvalue weighted by atomic mass is 16.7. The molecule has 0 bridgehead atoms. The zero-order chi connectivity index (χ0) is 16.8. The summed E-state index contributed by atoms with van der Waals surface area (Å²) in [5.41, 5.74) is 1.06. The van der Waals surface area contributed by atoms with Crippen LogP contribution in [0.5, 0.6) is 0 Å². The molecule has 6 heteroatoms. The first-order valence-electron chi connectivity index (χ1n) is 7.72. The fraction of sp³-hybridized carbons (Fsp3) is 0.412. The number of nitrogens with zero attached hydrogens (tertiary/aromatic N) is 1. The van der Waals surface area contributed by atoms with E-state index in [9.17, 15) is 4.79 Å². The summed E-state index contributed by atoms with van der Waals surface area (Å²) in [4.78, 5) is 15.5. The van der Waals surface area contributed by atoms with E-state index in [4.69, 9.17) is 9.31 Å². The highest BCUT2D eigenvalue weighted by Crippen LogP contribution is 2.36. The molecular weight excluding hydrogens is 291 g/mol. The molecule has 1 aromatic carbocycles. The first-order chi connectivity index (χ1) is 10.7. The first-order valence-corrected chi connectivity index (χ1v) is 7.72. The lowest BCUT2D eigenvalue weighted by Crippen LogP contribution is -2.41. The van der Waals surface area contributed by atoms with E-state index in [0.29, 0.717) is 5.82 Å². The summed E-state index contributed by atoms with van der Waals surface area (Å²) in [6.07, 6.45) is 0. The van der Waals surface area contributed by atoms with E-state index in [1.807, 2.05) is 52.0 Å². The molecule has 1 amide bonds. The van der Waals surface area contributed by atoms with Gasteiger partial charge in [0.15, 0.2) is 0 Å². The summed E-state index contributed by atoms with van der Waals surface area (Å²) >= 11 is 0. The van der Waals surface area contributed by atoms with Crippen LogP contribution in [0.2, 0.25) is 0 Å². The molecule has 23 heavy (non-hydrogen) atoms. The van der Waals surface area contributed by atoms with Gasteiger partial charge in [0.1, 0.15) is 5.82 Å². The molecule has 1 N–H and O–H groups in total. The predicted octanol–water partition coefficient (Wildman–Crippen LogP) is 2.49. The molecule has 0 aliphatic carbocycles. The van der Waals surface area contributed by atoms with E-state index in [1.165, 1.54) is 6.92 Å². The van der Waals surface area contributed by atoms with Gasteiger partial charge in [-0.15, -0.1) is 0 Å². The molecule has 1 aliphatic rings. The van der Waals surface area contributed by atoms with Gasteiger partial charge in [0, 0.05) is 6.92 Å². The largest absolute Gasteiger partial charge is 0.494 e. The minimum atomic E-state index is -0.389. The molecule has 1 aromatic heterocycles. The van der Waals surface area contributed by atoms with Gasteiger partial charge in [-0.25, -0.2) is 4.98 Å². The molecule has 1 aliphatic heterocycles. The number of carbonyl (C=O) groups excluding carboxylic acids is 1. The second kappa shape index (κ2) is 5.32. The van der Waals surface area contributed by atoms with Crippen molar-refractivity contribution in [1.29, 1.82) is 0 Å². The smallest absolute Gasteiger partial charge is 0.399 e. The average molecular weight is 312 g/mol. The van der Waals surface area contributed by atoms with Crippen LogP contribution in [0.4, 0.5) is 5.82 Å². The Kier molecular flexibility index (Phi) is 3.69. The Hall–Kier alpha value is -1.92. The summed E-state index contributed by atoms with van der Waals surface area (Å²) in [5.74, 6) is 0.416. The Morgan fingerprint density at radius 3 is 2.35 bits per heavy atom. The van der Waals surface area contributed by atoms with E-state index < -0.39 is 0 Å². The van der Waals surface area contributed by atoms with Gasteiger partial charge in [0.05, 0.1) is 16.7 Å². The van der Waals surface area contributed by atoms with Crippen molar-refractivity contribution in [2.75, 3.05) is 5.32 Å². The van der Waals surface area contributed by atoms with Crippen molar-refractivity contribution in [2.45, 2.75) is 45.8 Å². The Balaban J connectivity index is 1.91. The maximum Gasteiger partial charge on any atom is 0.494 e. The number of carbonyl (C=O) groups is 1. The minimum absolute atomic E-state index is 0.134. The fourth-order valence-electron chi connectivity index (χ4n) is 2.52. The summed E-state index contributed by atoms with van der Waals surface area (Å²) in [7, 11) is -0.389. The SMILES string of the molecule is CC(=O)Nc1ccc2cc(B3OC(C)(C)C(C)(C)O3)ccc2n1. The third-order valence-electron chi connectivity index (χ3n) is 4.54. The van der Waals surface area contributed by atoms with Crippen molar-refractivity contribution in [2.24, 2.45) is 0 Å². The summed E-state index contributed by atoms with van der Waals surface area (Å²) in [6, 6.07) is 9.61. The van der Waals surface area contributed by atoms with Gasteiger partial charge in [0.2, 0.25) is 5.91 Å². The number of pyridine rings is 1. The number of nitrogens with one attached hydrogen (secondary N) is 1. The zero-order valence-electron chi connectivity index (χ0n) is 14.1. The molecule has 0 radical (unpaired) electrons. The Bertz CT molecular complexity index is 758. The maximum absolute atomic E-state index is 11.1. The number of benzene rings is 1. The van der Waals surface area contributed by atoms with Gasteiger partial charge in [-0.2, -0.15) is 0 Å². The van der Waals surface area contributed by atoms with Crippen molar-refractivity contribution in [3.05, 3.63) is 30.3 Å². The van der Waals surface area contributed by atoms with Gasteiger partial charge in [-0.1, -0.05) is 12.1 Å². The van der Waals surface area contributed by atoms with Gasteiger partial charge in [-0.3, -0.25) is 4.79 Å². The van der Waals surface area contributed by atoms with Crippen LogP contribution in [0.1, 0.15) is 34.6 Å². The van der Waals surface area contributed by atoms with Gasteiger partial charge in [-0.05, 0) is 56.7 Å². The topological polar surface area (TPSA) is 60.5 Å². The molecule has 2 heterocycles. The molecule has 1 saturated heterocycles. The predicted molar refractivity (Wildman–Crippen MR) is 91.8 cm³/mol. The summed E-state index contributed by atoms with van der Waals surface area (Å²) in [6.45, 7) is 9.61. The maximum atomic E-state index is 11.1. The van der Waals surface area contributed by atoms with Crippen LogP contribution in [0.3, 0.4) is 0 Å². The molecule has 3 rings (SSSR count). The highest BCUT2D eigenvalue weighted by Gasteiger charge is 2.51. The van der Waals surface area contributed by atoms with Crippen LogP contribution in [0, 0.1) is 0 Å². The van der Waals surface area contributed by atoms with E-state index in [0.717, 1.165) is 16.4 Å². The highest BCUT2D eigenvalue weighted by molar-refractivity contribution is 6.62. The minimum Gasteiger partial charge on any atom is -0.399 e. The summed E-state index contributed by atoms with van der Waals surface area (Å²) in [5, 5.41) is 3.67. The van der Waals surface area contributed by atoms with Gasteiger partial charge in [0.25, 0.3) is 0 Å². The van der Waals surface area contributed by atoms with Crippen LogP contribution in [0.15, 0.2) is 30.3 Å². The van der Waals surface area contributed by atoms with Crippen molar-refractivity contribution in [3.8, 4) is 0 Å². The fourth-order valence-corrected chi connectivity index (χ4v) is 2.52.